The molecule has 1 aliphatic heterocycles. The van der Waals surface area contributed by atoms with Crippen LogP contribution < -0.4 is 5.32 Å². The molecule has 0 radical (unpaired) electrons. The fourth-order valence-corrected chi connectivity index (χ4v) is 9.44. The number of Topliss-reactive ketones (excluding diaryl/α,β-unsaturated/α-hetero) is 2. The maximum absolute atomic E-state index is 15.1. The van der Waals surface area contributed by atoms with Crippen LogP contribution in [0.4, 0.5) is 4.79 Å². The number of H-pyrrole nitrogens is 1. The van der Waals surface area contributed by atoms with E-state index in [9.17, 15) is 24.9 Å². The van der Waals surface area contributed by atoms with Gasteiger partial charge >= 0.3 is 6.09 Å². The number of carbonyl (C=O) groups is 3. The number of hydrogen-bond acceptors (Lipinski definition) is 11. The molecular weight excluding hydrogens is 779 g/mol. The van der Waals surface area contributed by atoms with Gasteiger partial charge < -0.3 is 39.3 Å². The molecule has 2 aromatic heterocycles. The third-order valence-corrected chi connectivity index (χ3v) is 13.1. The maximum atomic E-state index is 15.1. The number of rotatable bonds is 10. The Balaban J connectivity index is 1.33. The Labute approximate surface area is 356 Å². The van der Waals surface area contributed by atoms with Crippen LogP contribution in [0, 0.1) is 46.9 Å². The molecular formula is C48H55N3O10. The Morgan fingerprint density at radius 2 is 1.90 bits per heavy atom. The number of aromatic amines is 1. The molecule has 3 aromatic rings. The first kappa shape index (κ1) is 43.8. The Morgan fingerprint density at radius 1 is 1.11 bits per heavy atom. The number of fused-ring (bicyclic) bond motifs is 5. The minimum Gasteiger partial charge on any atom is -0.508 e. The number of aliphatic hydroxyl groups excluding tert-OH is 1. The van der Waals surface area contributed by atoms with Crippen LogP contribution in [0.25, 0.3) is 21.8 Å². The lowest BCUT2D eigenvalue weighted by Crippen LogP contribution is -2.62. The number of aromatic nitrogens is 2. The summed E-state index contributed by atoms with van der Waals surface area (Å²) in [4.78, 5) is 49.7. The summed E-state index contributed by atoms with van der Waals surface area (Å²) in [5.41, 5.74) is -1.56. The summed E-state index contributed by atoms with van der Waals surface area (Å²) in [7, 11) is 1.18. The number of carbonyl (C=O) groups excluding carboxylic acids is 3. The molecule has 61 heavy (non-hydrogen) atoms. The number of ketones is 2. The number of nitrogens with zero attached hydrogens (tertiary/aromatic N) is 1. The summed E-state index contributed by atoms with van der Waals surface area (Å²) in [6.45, 7) is 10.2. The van der Waals surface area contributed by atoms with Crippen LogP contribution in [0.2, 0.25) is 0 Å². The molecule has 2 bridgehead atoms. The van der Waals surface area contributed by atoms with E-state index >= 15 is 4.79 Å². The van der Waals surface area contributed by atoms with Gasteiger partial charge in [0.15, 0.2) is 17.9 Å². The Kier molecular flexibility index (Phi) is 12.9. The molecule has 13 nitrogen and oxygen atoms in total. The van der Waals surface area contributed by atoms with Gasteiger partial charge in [0.1, 0.15) is 29.3 Å². The van der Waals surface area contributed by atoms with Gasteiger partial charge in [-0.2, -0.15) is 0 Å². The topological polar surface area (TPSA) is 190 Å². The zero-order chi connectivity index (χ0) is 43.6. The molecule has 10 atom stereocenters. The van der Waals surface area contributed by atoms with Gasteiger partial charge in [-0.1, -0.05) is 63.9 Å². The highest BCUT2D eigenvalue weighted by atomic mass is 16.7. The summed E-state index contributed by atoms with van der Waals surface area (Å²) >= 11 is 0. The maximum Gasteiger partial charge on any atom is 0.411 e. The van der Waals surface area contributed by atoms with Crippen LogP contribution in [0.1, 0.15) is 90.1 Å². The van der Waals surface area contributed by atoms with E-state index in [0.717, 1.165) is 18.2 Å². The molecule has 0 spiro atoms. The minimum absolute atomic E-state index is 0.0799. The van der Waals surface area contributed by atoms with Crippen molar-refractivity contribution in [2.24, 2.45) is 23.2 Å². The predicted octanol–water partition coefficient (Wildman–Crippen LogP) is 6.57. The third-order valence-electron chi connectivity index (χ3n) is 13.1. The number of aromatic hydroxyl groups is 1. The van der Waals surface area contributed by atoms with Crippen molar-refractivity contribution in [3.63, 3.8) is 0 Å². The quantitative estimate of drug-likeness (QED) is 0.110. The van der Waals surface area contributed by atoms with Gasteiger partial charge in [0.25, 0.3) is 0 Å². The highest BCUT2D eigenvalue weighted by Crippen LogP contribution is 2.48. The molecule has 1 amide bonds. The number of phenolic OH excluding ortho intramolecular Hbond substituents is 1. The second-order valence-corrected chi connectivity index (χ2v) is 17.0. The first-order chi connectivity index (χ1) is 29.2. The van der Waals surface area contributed by atoms with E-state index in [2.05, 4.69) is 52.8 Å². The van der Waals surface area contributed by atoms with Gasteiger partial charge in [-0.3, -0.25) is 19.9 Å². The molecule has 8 unspecified atom stereocenters. The monoisotopic (exact) mass is 833 g/mol. The lowest BCUT2D eigenvalue weighted by atomic mass is 9.61. The van der Waals surface area contributed by atoms with Crippen LogP contribution in [-0.2, 0) is 23.7 Å². The number of aliphatic hydroxyl groups is 2. The number of benzene rings is 1. The number of hydrogen-bond donors (Lipinski definition) is 5. The minimum atomic E-state index is -1.74. The van der Waals surface area contributed by atoms with Crippen molar-refractivity contribution in [2.45, 2.75) is 116 Å². The number of methoxy groups -OCH3 is 1. The zero-order valence-corrected chi connectivity index (χ0v) is 35.5. The molecule has 3 aliphatic carbocycles. The molecule has 4 aliphatic rings. The average molecular weight is 834 g/mol. The lowest BCUT2D eigenvalue weighted by molar-refractivity contribution is -0.271. The van der Waals surface area contributed by atoms with E-state index in [1.807, 2.05) is 13.8 Å². The van der Waals surface area contributed by atoms with Crippen LogP contribution >= 0.6 is 0 Å². The van der Waals surface area contributed by atoms with Crippen molar-refractivity contribution >= 4 is 39.5 Å². The van der Waals surface area contributed by atoms with Crippen LogP contribution in [0.15, 0.2) is 65.5 Å². The number of alkyl carbamates (subject to hydrolysis) is 1. The van der Waals surface area contributed by atoms with E-state index in [1.54, 1.807) is 49.5 Å². The average Bonchev–Trinajstić information content (AvgIpc) is 3.60. The van der Waals surface area contributed by atoms with E-state index in [-0.39, 0.29) is 47.9 Å². The summed E-state index contributed by atoms with van der Waals surface area (Å²) < 4.78 is 25.0. The van der Waals surface area contributed by atoms with Gasteiger partial charge in [0, 0.05) is 47.3 Å². The predicted molar refractivity (Wildman–Crippen MR) is 228 cm³/mol. The van der Waals surface area contributed by atoms with Crippen molar-refractivity contribution in [2.75, 3.05) is 13.7 Å². The fraction of sp³-hybridized carbons (Fsp3) is 0.500. The summed E-state index contributed by atoms with van der Waals surface area (Å²) in [6.07, 6.45) is 2.62. The number of pyridine rings is 1. The number of amides is 1. The van der Waals surface area contributed by atoms with Crippen LogP contribution in [0.5, 0.6) is 5.75 Å². The van der Waals surface area contributed by atoms with Gasteiger partial charge in [0.05, 0.1) is 42.6 Å². The highest BCUT2D eigenvalue weighted by molar-refractivity contribution is 6.16. The molecule has 322 valence electrons. The van der Waals surface area contributed by atoms with E-state index in [0.29, 0.717) is 47.4 Å². The summed E-state index contributed by atoms with van der Waals surface area (Å²) in [5.74, 6) is 11.0. The lowest BCUT2D eigenvalue weighted by Gasteiger charge is -2.51. The SMILES string of the molecule is CC/C=C1\C2=C(NC(=O)OC)C(=O)C[C@@]1(O)CC#C/C=C\C#C[C@@H]2OC1CC(C)C(C)(C(=O)c2nccc3c2[nH]c2ccc(O)cc23)C(O)C1OC1CC(C)C(CCC)CO1. The van der Waals surface area contributed by atoms with E-state index in [4.69, 9.17) is 18.9 Å². The number of nitrogens with one attached hydrogen (secondary N) is 2. The molecule has 7 rings (SSSR count). The molecule has 13 heteroatoms. The standard InChI is InChI=1S/C48H55N3O10/c1-7-14-29-26-59-38(22-27(29)3)61-43-37(23-28(4)47(5,45(43)55)44(54)42-40-31(19-21-49-42)32-24-30(52)17-18-34(32)50-40)60-36-16-12-10-9-11-13-20-48(57)25-35(53)41(51-46(56)58-6)39(36)33(48)15-8-2/h9-10,15,17-19,21,24,27-29,36-38,43,45,50,52,55,57H,7-8,14,20,22-23,25-26H2,1-6H3,(H,51,56)/b10-9-,33-15+/t27?,28?,29?,36-,37?,38?,43?,45?,47?,48-/m0/s1. The van der Waals surface area contributed by atoms with Crippen LogP contribution in [0.3, 0.4) is 0 Å². The van der Waals surface area contributed by atoms with Crippen LogP contribution in [-0.4, -0.2) is 93.0 Å². The fourth-order valence-electron chi connectivity index (χ4n) is 9.44. The van der Waals surface area contributed by atoms with Gasteiger partial charge in [-0.15, -0.1) is 0 Å². The second-order valence-electron chi connectivity index (χ2n) is 17.0. The van der Waals surface area contributed by atoms with Gasteiger partial charge in [0.2, 0.25) is 0 Å². The Bertz CT molecular complexity index is 2430. The molecule has 2 fully saturated rings. The normalized spacial score (nSPS) is 32.7. The summed E-state index contributed by atoms with van der Waals surface area (Å²) in [6, 6.07) is 6.69. The molecule has 1 aromatic carbocycles. The highest BCUT2D eigenvalue weighted by Gasteiger charge is 2.58. The van der Waals surface area contributed by atoms with Crippen molar-refractivity contribution in [3.8, 4) is 29.4 Å². The first-order valence-electron chi connectivity index (χ1n) is 21.2. The molecule has 1 saturated carbocycles. The second kappa shape index (κ2) is 18.0. The first-order valence-corrected chi connectivity index (χ1v) is 21.2. The van der Waals surface area contributed by atoms with Gasteiger partial charge in [-0.25, -0.2) is 4.79 Å². The number of phenols is 1. The largest absolute Gasteiger partial charge is 0.508 e. The summed E-state index contributed by atoms with van der Waals surface area (Å²) in [5, 5.41) is 39.2. The molecule has 5 N–H and O–H groups in total. The van der Waals surface area contributed by atoms with Crippen molar-refractivity contribution in [1.82, 2.24) is 15.3 Å². The van der Waals surface area contributed by atoms with Crippen molar-refractivity contribution in [3.05, 3.63) is 71.2 Å². The smallest absolute Gasteiger partial charge is 0.411 e. The third kappa shape index (κ3) is 8.38. The van der Waals surface area contributed by atoms with Crippen molar-refractivity contribution in [1.29, 1.82) is 0 Å². The van der Waals surface area contributed by atoms with Crippen molar-refractivity contribution < 1.29 is 48.7 Å². The molecule has 3 heterocycles. The Hall–Kier alpha value is -5.28. The van der Waals surface area contributed by atoms with E-state index < -0.39 is 65.3 Å². The van der Waals surface area contributed by atoms with E-state index in [1.165, 1.54) is 13.2 Å². The Morgan fingerprint density at radius 3 is 2.64 bits per heavy atom. The molecule has 1 saturated heterocycles. The number of allylic oxidation sites excluding steroid dienone is 4. The van der Waals surface area contributed by atoms with Gasteiger partial charge in [-0.05, 0) is 85.9 Å². The number of ether oxygens (including phenoxy) is 4. The zero-order valence-electron chi connectivity index (χ0n) is 35.5.